The number of ether oxygens (including phenoxy) is 1. The summed E-state index contributed by atoms with van der Waals surface area (Å²) in [4.78, 5) is 0. The van der Waals surface area contributed by atoms with Crippen LogP contribution in [0.25, 0.3) is 11.4 Å². The van der Waals surface area contributed by atoms with Gasteiger partial charge in [-0.2, -0.15) is 0 Å². The van der Waals surface area contributed by atoms with Crippen molar-refractivity contribution in [3.05, 3.63) is 53.7 Å². The van der Waals surface area contributed by atoms with Gasteiger partial charge in [0.15, 0.2) is 11.0 Å². The Bertz CT molecular complexity index is 887. The maximum Gasteiger partial charge on any atom is 0.191 e. The highest BCUT2D eigenvalue weighted by molar-refractivity contribution is 7.98. The molecule has 0 N–H and O–H groups in total. The molecule has 1 unspecified atom stereocenters. The first-order chi connectivity index (χ1) is 12.7. The van der Waals surface area contributed by atoms with Crippen molar-refractivity contribution in [2.75, 3.05) is 6.61 Å². The van der Waals surface area contributed by atoms with Gasteiger partial charge < -0.3 is 9.15 Å². The van der Waals surface area contributed by atoms with Crippen LogP contribution in [0.2, 0.25) is 0 Å². The Morgan fingerprint density at radius 3 is 2.96 bits per heavy atom. The molecule has 26 heavy (non-hydrogen) atoms. The lowest BCUT2D eigenvalue weighted by molar-refractivity contribution is 0.0953. The number of rotatable bonds is 6. The number of benzene rings is 1. The topological polar surface area (TPSA) is 53.1 Å². The maximum absolute atomic E-state index is 13.4. The van der Waals surface area contributed by atoms with Crippen molar-refractivity contribution in [2.45, 2.75) is 43.3 Å². The highest BCUT2D eigenvalue weighted by Gasteiger charge is 2.23. The van der Waals surface area contributed by atoms with E-state index in [1.807, 2.05) is 19.1 Å². The molecule has 0 spiro atoms. The van der Waals surface area contributed by atoms with Gasteiger partial charge in [0, 0.05) is 12.4 Å². The molecule has 1 fully saturated rings. The summed E-state index contributed by atoms with van der Waals surface area (Å²) in [5.41, 5.74) is 1.86. The van der Waals surface area contributed by atoms with Gasteiger partial charge in [-0.25, -0.2) is 4.39 Å². The van der Waals surface area contributed by atoms with E-state index in [0.717, 1.165) is 47.3 Å². The summed E-state index contributed by atoms with van der Waals surface area (Å²) in [6.07, 6.45) is 3.95. The van der Waals surface area contributed by atoms with E-state index in [-0.39, 0.29) is 11.9 Å². The molecule has 136 valence electrons. The van der Waals surface area contributed by atoms with E-state index in [4.69, 9.17) is 9.15 Å². The average molecular weight is 373 g/mol. The number of halogens is 1. The van der Waals surface area contributed by atoms with Crippen LogP contribution < -0.4 is 0 Å². The summed E-state index contributed by atoms with van der Waals surface area (Å²) in [5.74, 6) is 2.01. The minimum Gasteiger partial charge on any atom is -0.469 e. The molecule has 0 aliphatic carbocycles. The predicted molar refractivity (Wildman–Crippen MR) is 97.4 cm³/mol. The van der Waals surface area contributed by atoms with Crippen molar-refractivity contribution >= 4 is 11.8 Å². The van der Waals surface area contributed by atoms with Crippen LogP contribution in [0.3, 0.4) is 0 Å². The number of aromatic nitrogens is 3. The van der Waals surface area contributed by atoms with Crippen LogP contribution in [0.15, 0.2) is 46.2 Å². The number of aryl methyl sites for hydroxylation is 1. The Morgan fingerprint density at radius 2 is 2.23 bits per heavy atom. The molecule has 0 radical (unpaired) electrons. The normalized spacial score (nSPS) is 17.1. The first-order valence-corrected chi connectivity index (χ1v) is 9.66. The fourth-order valence-corrected chi connectivity index (χ4v) is 4.03. The standard InChI is InChI=1S/C19H20FN3O2S/c1-13-17(7-9-24-13)18-21-22-19(23(18)11-16-6-3-8-25-16)26-12-14-4-2-5-15(20)10-14/h2,4-5,7,9-10,16H,3,6,8,11-12H2,1H3. The van der Waals surface area contributed by atoms with E-state index in [1.54, 1.807) is 30.2 Å². The predicted octanol–water partition coefficient (Wildman–Crippen LogP) is 4.46. The zero-order valence-electron chi connectivity index (χ0n) is 14.5. The average Bonchev–Trinajstić information content (AvgIpc) is 3.36. The van der Waals surface area contributed by atoms with Crippen LogP contribution >= 0.6 is 11.8 Å². The van der Waals surface area contributed by atoms with E-state index >= 15 is 0 Å². The quantitative estimate of drug-likeness (QED) is 0.597. The Hall–Kier alpha value is -2.12. The lowest BCUT2D eigenvalue weighted by Gasteiger charge is -2.14. The van der Waals surface area contributed by atoms with Crippen molar-refractivity contribution < 1.29 is 13.5 Å². The number of furan rings is 1. The second-order valence-corrected chi connectivity index (χ2v) is 7.30. The highest BCUT2D eigenvalue weighted by Crippen LogP contribution is 2.30. The minimum absolute atomic E-state index is 0.172. The number of thioether (sulfide) groups is 1. The van der Waals surface area contributed by atoms with Crippen molar-refractivity contribution in [3.8, 4) is 11.4 Å². The Balaban J connectivity index is 1.60. The SMILES string of the molecule is Cc1occc1-c1nnc(SCc2cccc(F)c2)n1CC1CCCO1. The fourth-order valence-electron chi connectivity index (χ4n) is 3.14. The first-order valence-electron chi connectivity index (χ1n) is 8.67. The third-order valence-electron chi connectivity index (χ3n) is 4.48. The largest absolute Gasteiger partial charge is 0.469 e. The lowest BCUT2D eigenvalue weighted by atomic mass is 10.2. The van der Waals surface area contributed by atoms with Crippen LogP contribution in [0, 0.1) is 12.7 Å². The second kappa shape index (κ2) is 7.63. The summed E-state index contributed by atoms with van der Waals surface area (Å²) >= 11 is 1.55. The van der Waals surface area contributed by atoms with E-state index in [2.05, 4.69) is 14.8 Å². The molecule has 3 heterocycles. The van der Waals surface area contributed by atoms with Crippen molar-refractivity contribution in [2.24, 2.45) is 0 Å². The monoisotopic (exact) mass is 373 g/mol. The van der Waals surface area contributed by atoms with Gasteiger partial charge in [-0.05, 0) is 43.5 Å². The molecule has 4 rings (SSSR count). The summed E-state index contributed by atoms with van der Waals surface area (Å²) in [7, 11) is 0. The highest BCUT2D eigenvalue weighted by atomic mass is 32.2. The minimum atomic E-state index is -0.223. The van der Waals surface area contributed by atoms with Crippen LogP contribution in [-0.2, 0) is 17.0 Å². The van der Waals surface area contributed by atoms with E-state index < -0.39 is 0 Å². The molecule has 2 aromatic heterocycles. The molecule has 0 amide bonds. The molecule has 7 heteroatoms. The zero-order valence-corrected chi connectivity index (χ0v) is 15.3. The van der Waals surface area contributed by atoms with Crippen molar-refractivity contribution in [3.63, 3.8) is 0 Å². The second-order valence-electron chi connectivity index (χ2n) is 6.36. The molecule has 1 aromatic carbocycles. The van der Waals surface area contributed by atoms with Crippen LogP contribution in [-0.4, -0.2) is 27.5 Å². The molecule has 0 saturated carbocycles. The molecule has 1 aliphatic rings. The smallest absolute Gasteiger partial charge is 0.191 e. The summed E-state index contributed by atoms with van der Waals surface area (Å²) in [6, 6.07) is 8.55. The number of hydrogen-bond donors (Lipinski definition) is 0. The molecule has 1 atom stereocenters. The van der Waals surface area contributed by atoms with Gasteiger partial charge in [-0.1, -0.05) is 23.9 Å². The van der Waals surface area contributed by atoms with Gasteiger partial charge in [0.2, 0.25) is 0 Å². The van der Waals surface area contributed by atoms with Crippen LogP contribution in [0.5, 0.6) is 0 Å². The van der Waals surface area contributed by atoms with Crippen LogP contribution in [0.1, 0.15) is 24.2 Å². The molecule has 1 aliphatic heterocycles. The first kappa shape index (κ1) is 17.3. The zero-order chi connectivity index (χ0) is 17.9. The van der Waals surface area contributed by atoms with Gasteiger partial charge in [0.1, 0.15) is 11.6 Å². The summed E-state index contributed by atoms with van der Waals surface area (Å²) in [5, 5.41) is 9.58. The fraction of sp³-hybridized carbons (Fsp3) is 0.368. The van der Waals surface area contributed by atoms with Gasteiger partial charge in [0.05, 0.1) is 24.5 Å². The molecule has 3 aromatic rings. The molecular weight excluding hydrogens is 353 g/mol. The number of nitrogens with zero attached hydrogens (tertiary/aromatic N) is 3. The third kappa shape index (κ3) is 3.68. The summed E-state index contributed by atoms with van der Waals surface area (Å²) < 4.78 is 26.7. The molecule has 5 nitrogen and oxygen atoms in total. The molecule has 1 saturated heterocycles. The third-order valence-corrected chi connectivity index (χ3v) is 5.52. The van der Waals surface area contributed by atoms with E-state index in [9.17, 15) is 4.39 Å². The van der Waals surface area contributed by atoms with E-state index in [1.165, 1.54) is 6.07 Å². The van der Waals surface area contributed by atoms with Gasteiger partial charge in [0.25, 0.3) is 0 Å². The van der Waals surface area contributed by atoms with E-state index in [0.29, 0.717) is 12.3 Å². The summed E-state index contributed by atoms with van der Waals surface area (Å²) in [6.45, 7) is 3.43. The van der Waals surface area contributed by atoms with Crippen LogP contribution in [0.4, 0.5) is 4.39 Å². The van der Waals surface area contributed by atoms with Gasteiger partial charge in [-0.3, -0.25) is 4.57 Å². The Labute approximate surface area is 155 Å². The Kier molecular flexibility index (Phi) is 5.08. The maximum atomic E-state index is 13.4. The van der Waals surface area contributed by atoms with Crippen molar-refractivity contribution in [1.82, 2.24) is 14.8 Å². The molecule has 0 bridgehead atoms. The number of hydrogen-bond acceptors (Lipinski definition) is 5. The lowest BCUT2D eigenvalue weighted by Crippen LogP contribution is -2.16. The Morgan fingerprint density at radius 1 is 1.31 bits per heavy atom. The molecular formula is C19H20FN3O2S. The van der Waals surface area contributed by atoms with Gasteiger partial charge >= 0.3 is 0 Å². The van der Waals surface area contributed by atoms with Crippen molar-refractivity contribution in [1.29, 1.82) is 0 Å². The van der Waals surface area contributed by atoms with Gasteiger partial charge in [-0.15, -0.1) is 10.2 Å².